The lowest BCUT2D eigenvalue weighted by Gasteiger charge is -2.28. The predicted octanol–water partition coefficient (Wildman–Crippen LogP) is 1.74. The second-order valence-electron chi connectivity index (χ2n) is 5.03. The highest BCUT2D eigenvalue weighted by Crippen LogP contribution is 2.27. The van der Waals surface area contributed by atoms with Gasteiger partial charge in [0.25, 0.3) is 0 Å². The number of hydrogen-bond acceptors (Lipinski definition) is 3. The first-order chi connectivity index (χ1) is 9.41. The van der Waals surface area contributed by atoms with E-state index in [9.17, 15) is 14.7 Å². The quantitative estimate of drug-likeness (QED) is 0.863. The van der Waals surface area contributed by atoms with Crippen LogP contribution in [-0.4, -0.2) is 46.7 Å². The molecule has 0 spiro atoms. The number of nitrogens with zero attached hydrogens (tertiary/aromatic N) is 2. The van der Waals surface area contributed by atoms with Crippen molar-refractivity contribution in [2.45, 2.75) is 19.4 Å². The summed E-state index contributed by atoms with van der Waals surface area (Å²) >= 11 is 0. The van der Waals surface area contributed by atoms with Crippen LogP contribution < -0.4 is 4.90 Å². The van der Waals surface area contributed by atoms with Crippen molar-refractivity contribution >= 4 is 17.7 Å². The van der Waals surface area contributed by atoms with Crippen molar-refractivity contribution in [2.24, 2.45) is 5.92 Å². The summed E-state index contributed by atoms with van der Waals surface area (Å²) in [6.45, 7) is 2.20. The lowest BCUT2D eigenvalue weighted by atomic mass is 10.0. The maximum atomic E-state index is 12.4. The second-order valence-corrected chi connectivity index (χ2v) is 5.03. The molecular formula is C14H18N2O4. The number of phenols is 1. The molecule has 1 aliphatic rings. The Morgan fingerprint density at radius 3 is 2.40 bits per heavy atom. The van der Waals surface area contributed by atoms with Crippen LogP contribution in [0.1, 0.15) is 13.3 Å². The molecule has 2 unspecified atom stereocenters. The highest BCUT2D eigenvalue weighted by molar-refractivity contribution is 5.92. The molecule has 0 bridgehead atoms. The standard InChI is InChI=1S/C14H18N2O4/c1-9-12(13(18)19)7-8-16(9)14(20)15(2)10-3-5-11(17)6-4-10/h3-6,9,12,17H,7-8H2,1-2H3,(H,18,19). The number of carbonyl (C=O) groups excluding carboxylic acids is 1. The minimum absolute atomic E-state index is 0.134. The van der Waals surface area contributed by atoms with Gasteiger partial charge in [-0.2, -0.15) is 0 Å². The van der Waals surface area contributed by atoms with Crippen molar-refractivity contribution in [3.8, 4) is 5.75 Å². The van der Waals surface area contributed by atoms with Gasteiger partial charge in [0.05, 0.1) is 5.92 Å². The van der Waals surface area contributed by atoms with Crippen LogP contribution >= 0.6 is 0 Å². The van der Waals surface area contributed by atoms with Gasteiger partial charge in [-0.1, -0.05) is 0 Å². The summed E-state index contributed by atoms with van der Waals surface area (Å²) in [5, 5.41) is 18.3. The average molecular weight is 278 g/mol. The Morgan fingerprint density at radius 1 is 1.30 bits per heavy atom. The smallest absolute Gasteiger partial charge is 0.324 e. The van der Waals surface area contributed by atoms with E-state index in [0.29, 0.717) is 18.7 Å². The second kappa shape index (κ2) is 5.40. The van der Waals surface area contributed by atoms with Crippen molar-refractivity contribution in [2.75, 3.05) is 18.5 Å². The summed E-state index contributed by atoms with van der Waals surface area (Å²) in [6.07, 6.45) is 0.478. The van der Waals surface area contributed by atoms with Crippen LogP contribution in [0.25, 0.3) is 0 Å². The third-order valence-electron chi connectivity index (χ3n) is 3.84. The third-order valence-corrected chi connectivity index (χ3v) is 3.84. The molecule has 2 N–H and O–H groups in total. The number of urea groups is 1. The first-order valence-electron chi connectivity index (χ1n) is 6.48. The van der Waals surface area contributed by atoms with Crippen molar-refractivity contribution in [3.05, 3.63) is 24.3 Å². The number of aliphatic carboxylic acids is 1. The van der Waals surface area contributed by atoms with Crippen LogP contribution in [0.5, 0.6) is 5.75 Å². The van der Waals surface area contributed by atoms with Gasteiger partial charge in [-0.15, -0.1) is 0 Å². The lowest BCUT2D eigenvalue weighted by molar-refractivity contribution is -0.142. The molecule has 20 heavy (non-hydrogen) atoms. The van der Waals surface area contributed by atoms with Crippen molar-refractivity contribution in [1.29, 1.82) is 0 Å². The Morgan fingerprint density at radius 2 is 1.90 bits per heavy atom. The monoisotopic (exact) mass is 278 g/mol. The Kier molecular flexibility index (Phi) is 3.83. The fourth-order valence-corrected chi connectivity index (χ4v) is 2.52. The molecule has 6 nitrogen and oxygen atoms in total. The van der Waals surface area contributed by atoms with Gasteiger partial charge in [-0.25, -0.2) is 4.79 Å². The summed E-state index contributed by atoms with van der Waals surface area (Å²) in [7, 11) is 1.63. The fraction of sp³-hybridized carbons (Fsp3) is 0.429. The maximum Gasteiger partial charge on any atom is 0.324 e. The topological polar surface area (TPSA) is 81.1 Å². The van der Waals surface area contributed by atoms with Gasteiger partial charge in [0.1, 0.15) is 5.75 Å². The van der Waals surface area contributed by atoms with E-state index in [1.807, 2.05) is 0 Å². The lowest BCUT2D eigenvalue weighted by Crippen LogP contribution is -2.44. The zero-order valence-corrected chi connectivity index (χ0v) is 11.5. The minimum atomic E-state index is -0.861. The van der Waals surface area contributed by atoms with Gasteiger partial charge in [0.15, 0.2) is 0 Å². The molecule has 2 rings (SSSR count). The van der Waals surface area contributed by atoms with Crippen LogP contribution in [0.15, 0.2) is 24.3 Å². The SMILES string of the molecule is CC1C(C(=O)O)CCN1C(=O)N(C)c1ccc(O)cc1. The zero-order valence-electron chi connectivity index (χ0n) is 11.5. The zero-order chi connectivity index (χ0) is 14.9. The number of carboxylic acid groups (broad SMARTS) is 1. The van der Waals surface area contributed by atoms with Gasteiger partial charge in [-0.05, 0) is 37.6 Å². The van der Waals surface area contributed by atoms with E-state index in [4.69, 9.17) is 5.11 Å². The molecule has 2 amide bonds. The third kappa shape index (κ3) is 2.54. The van der Waals surface area contributed by atoms with Gasteiger partial charge in [0, 0.05) is 25.3 Å². The van der Waals surface area contributed by atoms with Crippen LogP contribution in [0, 0.1) is 5.92 Å². The number of likely N-dealkylation sites (tertiary alicyclic amines) is 1. The molecule has 108 valence electrons. The molecule has 1 fully saturated rings. The van der Waals surface area contributed by atoms with Crippen molar-refractivity contribution in [1.82, 2.24) is 4.90 Å². The maximum absolute atomic E-state index is 12.4. The fourth-order valence-electron chi connectivity index (χ4n) is 2.52. The van der Waals surface area contributed by atoms with Gasteiger partial charge in [0.2, 0.25) is 0 Å². The van der Waals surface area contributed by atoms with Crippen LogP contribution in [-0.2, 0) is 4.79 Å². The number of aromatic hydroxyl groups is 1. The largest absolute Gasteiger partial charge is 0.508 e. The predicted molar refractivity (Wildman–Crippen MR) is 73.8 cm³/mol. The van der Waals surface area contributed by atoms with E-state index in [2.05, 4.69) is 0 Å². The summed E-state index contributed by atoms with van der Waals surface area (Å²) in [5.41, 5.74) is 0.652. The molecule has 1 aromatic carbocycles. The summed E-state index contributed by atoms with van der Waals surface area (Å²) < 4.78 is 0. The molecule has 1 aromatic rings. The molecule has 0 aliphatic carbocycles. The highest BCUT2D eigenvalue weighted by Gasteiger charge is 2.39. The van der Waals surface area contributed by atoms with Crippen LogP contribution in [0.4, 0.5) is 10.5 Å². The van der Waals surface area contributed by atoms with E-state index < -0.39 is 11.9 Å². The van der Waals surface area contributed by atoms with Gasteiger partial charge < -0.3 is 15.1 Å². The Bertz CT molecular complexity index is 514. The van der Waals surface area contributed by atoms with E-state index in [0.717, 1.165) is 0 Å². The number of rotatable bonds is 2. The first kappa shape index (κ1) is 14.2. The van der Waals surface area contributed by atoms with E-state index in [-0.39, 0.29) is 17.8 Å². The molecule has 0 aromatic heterocycles. The molecule has 1 saturated heterocycles. The van der Waals surface area contributed by atoms with Crippen LogP contribution in [0.2, 0.25) is 0 Å². The number of carbonyl (C=O) groups is 2. The minimum Gasteiger partial charge on any atom is -0.508 e. The van der Waals surface area contributed by atoms with Crippen molar-refractivity contribution < 1.29 is 19.8 Å². The number of phenolic OH excluding ortho intramolecular Hbond substituents is 1. The Labute approximate surface area is 117 Å². The van der Waals surface area contributed by atoms with Crippen molar-refractivity contribution in [3.63, 3.8) is 0 Å². The van der Waals surface area contributed by atoms with E-state index in [1.165, 1.54) is 17.0 Å². The molecule has 0 radical (unpaired) electrons. The highest BCUT2D eigenvalue weighted by atomic mass is 16.4. The Balaban J connectivity index is 2.11. The van der Waals surface area contributed by atoms with E-state index >= 15 is 0 Å². The summed E-state index contributed by atoms with van der Waals surface area (Å²) in [6, 6.07) is 5.75. The van der Waals surface area contributed by atoms with Gasteiger partial charge >= 0.3 is 12.0 Å². The first-order valence-corrected chi connectivity index (χ1v) is 6.48. The summed E-state index contributed by atoms with van der Waals surface area (Å²) in [5.74, 6) is -1.23. The average Bonchev–Trinajstić information content (AvgIpc) is 2.80. The summed E-state index contributed by atoms with van der Waals surface area (Å²) in [4.78, 5) is 26.5. The number of amides is 2. The number of carboxylic acids is 1. The van der Waals surface area contributed by atoms with Gasteiger partial charge in [-0.3, -0.25) is 9.69 Å². The number of anilines is 1. The number of benzene rings is 1. The molecule has 1 aliphatic heterocycles. The van der Waals surface area contributed by atoms with Crippen LogP contribution in [0.3, 0.4) is 0 Å². The normalized spacial score (nSPS) is 21.8. The molecule has 6 heteroatoms. The number of hydrogen-bond donors (Lipinski definition) is 2. The Hall–Kier alpha value is -2.24. The molecule has 2 atom stereocenters. The molecule has 0 saturated carbocycles. The van der Waals surface area contributed by atoms with E-state index in [1.54, 1.807) is 31.0 Å². The molecular weight excluding hydrogens is 260 g/mol. The molecule has 1 heterocycles.